The van der Waals surface area contributed by atoms with E-state index in [1.165, 1.54) is 0 Å². The number of hydrazine groups is 1. The summed E-state index contributed by atoms with van der Waals surface area (Å²) in [6, 6.07) is 9.70. The number of rotatable bonds is 6. The van der Waals surface area contributed by atoms with Crippen molar-refractivity contribution in [2.75, 3.05) is 6.61 Å². The van der Waals surface area contributed by atoms with Crippen molar-refractivity contribution in [2.24, 2.45) is 12.9 Å². The van der Waals surface area contributed by atoms with Gasteiger partial charge in [-0.1, -0.05) is 35.5 Å². The quantitative estimate of drug-likeness (QED) is 0.620. The van der Waals surface area contributed by atoms with E-state index in [0.29, 0.717) is 11.2 Å². The van der Waals surface area contributed by atoms with Crippen LogP contribution in [0.15, 0.2) is 34.9 Å². The topological polar surface area (TPSA) is 78.0 Å². The van der Waals surface area contributed by atoms with Crippen LogP contribution >= 0.6 is 15.9 Å². The Morgan fingerprint density at radius 1 is 1.40 bits per heavy atom. The first-order chi connectivity index (χ1) is 9.69. The van der Waals surface area contributed by atoms with Crippen LogP contribution in [0.25, 0.3) is 0 Å². The van der Waals surface area contributed by atoms with Crippen LogP contribution in [0.5, 0.6) is 0 Å². The summed E-state index contributed by atoms with van der Waals surface area (Å²) in [6.45, 7) is 2.54. The predicted molar refractivity (Wildman–Crippen MR) is 79.6 cm³/mol. The van der Waals surface area contributed by atoms with Crippen LogP contribution in [0.3, 0.4) is 0 Å². The SMILES string of the molecule is CCOC(c1ccccc1)C(NN)c1c(Br)nnn1C. The van der Waals surface area contributed by atoms with Crippen LogP contribution in [0, 0.1) is 0 Å². The van der Waals surface area contributed by atoms with E-state index in [0.717, 1.165) is 11.3 Å². The lowest BCUT2D eigenvalue weighted by atomic mass is 10.00. The summed E-state index contributed by atoms with van der Waals surface area (Å²) in [4.78, 5) is 0. The fourth-order valence-corrected chi connectivity index (χ4v) is 2.76. The van der Waals surface area contributed by atoms with Gasteiger partial charge in [-0.2, -0.15) is 0 Å². The van der Waals surface area contributed by atoms with Gasteiger partial charge in [0.15, 0.2) is 4.60 Å². The summed E-state index contributed by atoms with van der Waals surface area (Å²) < 4.78 is 8.22. The summed E-state index contributed by atoms with van der Waals surface area (Å²) in [5.74, 6) is 5.75. The van der Waals surface area contributed by atoms with Gasteiger partial charge in [-0.3, -0.25) is 5.84 Å². The second kappa shape index (κ2) is 6.94. The van der Waals surface area contributed by atoms with E-state index in [1.807, 2.05) is 44.3 Å². The molecule has 1 aromatic carbocycles. The highest BCUT2D eigenvalue weighted by molar-refractivity contribution is 9.10. The molecular weight excluding hydrogens is 322 g/mol. The molecule has 0 bridgehead atoms. The smallest absolute Gasteiger partial charge is 0.153 e. The number of nitrogens with two attached hydrogens (primary N) is 1. The molecule has 108 valence electrons. The van der Waals surface area contributed by atoms with Crippen LogP contribution in [0.4, 0.5) is 0 Å². The average Bonchev–Trinajstić information content (AvgIpc) is 2.80. The van der Waals surface area contributed by atoms with Crippen molar-refractivity contribution >= 4 is 15.9 Å². The maximum absolute atomic E-state index is 5.88. The van der Waals surface area contributed by atoms with E-state index < -0.39 is 0 Å². The highest BCUT2D eigenvalue weighted by atomic mass is 79.9. The van der Waals surface area contributed by atoms with Crippen molar-refractivity contribution in [2.45, 2.75) is 19.1 Å². The maximum Gasteiger partial charge on any atom is 0.153 e. The van der Waals surface area contributed by atoms with E-state index in [1.54, 1.807) is 4.68 Å². The Labute approximate surface area is 126 Å². The van der Waals surface area contributed by atoms with Gasteiger partial charge >= 0.3 is 0 Å². The number of aryl methyl sites for hydroxylation is 1. The lowest BCUT2D eigenvalue weighted by molar-refractivity contribution is 0.0303. The first kappa shape index (κ1) is 15.1. The Bertz CT molecular complexity index is 525. The number of benzene rings is 1. The lowest BCUT2D eigenvalue weighted by Gasteiger charge is -2.27. The molecule has 6 nitrogen and oxygen atoms in total. The van der Waals surface area contributed by atoms with Gasteiger partial charge in [0.05, 0.1) is 11.7 Å². The number of nitrogens with zero attached hydrogens (tertiary/aromatic N) is 3. The van der Waals surface area contributed by atoms with Gasteiger partial charge in [0.25, 0.3) is 0 Å². The third-order valence-corrected chi connectivity index (χ3v) is 3.64. The summed E-state index contributed by atoms with van der Waals surface area (Å²) in [6.07, 6.45) is -0.223. The fourth-order valence-electron chi connectivity index (χ4n) is 2.19. The maximum atomic E-state index is 5.88. The van der Waals surface area contributed by atoms with Gasteiger partial charge in [-0.05, 0) is 28.4 Å². The minimum Gasteiger partial charge on any atom is -0.372 e. The van der Waals surface area contributed by atoms with Crippen LogP contribution in [0.1, 0.15) is 30.3 Å². The second-order valence-electron chi connectivity index (χ2n) is 4.32. The number of hydrogen-bond acceptors (Lipinski definition) is 5. The summed E-state index contributed by atoms with van der Waals surface area (Å²) in [5, 5.41) is 7.99. The molecule has 1 heterocycles. The average molecular weight is 340 g/mol. The highest BCUT2D eigenvalue weighted by Gasteiger charge is 2.29. The normalized spacial score (nSPS) is 14.2. The zero-order valence-electron chi connectivity index (χ0n) is 11.5. The first-order valence-corrected chi connectivity index (χ1v) is 7.16. The number of halogens is 1. The Kier molecular flexibility index (Phi) is 5.24. The Morgan fingerprint density at radius 2 is 2.10 bits per heavy atom. The van der Waals surface area contributed by atoms with Crippen molar-refractivity contribution < 1.29 is 4.74 Å². The third kappa shape index (κ3) is 3.06. The predicted octanol–water partition coefficient (Wildman–Crippen LogP) is 1.86. The molecule has 0 aliphatic carbocycles. The molecule has 0 fully saturated rings. The van der Waals surface area contributed by atoms with Gasteiger partial charge in [0.2, 0.25) is 0 Å². The summed E-state index contributed by atoms with van der Waals surface area (Å²) in [5.41, 5.74) is 4.70. The van der Waals surface area contributed by atoms with E-state index in [2.05, 4.69) is 31.7 Å². The molecule has 20 heavy (non-hydrogen) atoms. The Balaban J connectivity index is 2.41. The number of nitrogens with one attached hydrogen (secondary N) is 1. The molecule has 0 saturated carbocycles. The zero-order chi connectivity index (χ0) is 14.5. The molecule has 0 spiro atoms. The zero-order valence-corrected chi connectivity index (χ0v) is 13.0. The van der Waals surface area contributed by atoms with Gasteiger partial charge in [-0.25, -0.2) is 10.1 Å². The molecule has 2 aromatic rings. The van der Waals surface area contributed by atoms with Crippen molar-refractivity contribution in [3.05, 3.63) is 46.2 Å². The minimum atomic E-state index is -0.258. The van der Waals surface area contributed by atoms with E-state index in [9.17, 15) is 0 Å². The molecule has 3 N–H and O–H groups in total. The molecule has 0 aliphatic heterocycles. The molecule has 7 heteroatoms. The molecule has 2 unspecified atom stereocenters. The third-order valence-electron chi connectivity index (χ3n) is 3.08. The molecule has 1 aromatic heterocycles. The molecule has 0 radical (unpaired) electrons. The molecule has 0 amide bonds. The first-order valence-electron chi connectivity index (χ1n) is 6.36. The van der Waals surface area contributed by atoms with E-state index >= 15 is 0 Å². The Hall–Kier alpha value is -1.28. The van der Waals surface area contributed by atoms with Gasteiger partial charge in [-0.15, -0.1) is 5.10 Å². The highest BCUT2D eigenvalue weighted by Crippen LogP contribution is 2.33. The molecule has 0 saturated heterocycles. The van der Waals surface area contributed by atoms with Gasteiger partial charge in [0.1, 0.15) is 6.10 Å². The monoisotopic (exact) mass is 339 g/mol. The van der Waals surface area contributed by atoms with Crippen LogP contribution in [-0.2, 0) is 11.8 Å². The molecule has 2 rings (SSSR count). The van der Waals surface area contributed by atoms with Crippen molar-refractivity contribution in [3.63, 3.8) is 0 Å². The molecule has 2 atom stereocenters. The Morgan fingerprint density at radius 3 is 2.60 bits per heavy atom. The second-order valence-corrected chi connectivity index (χ2v) is 5.07. The molecule has 0 aliphatic rings. The van der Waals surface area contributed by atoms with E-state index in [-0.39, 0.29) is 12.1 Å². The van der Waals surface area contributed by atoms with E-state index in [4.69, 9.17) is 10.6 Å². The van der Waals surface area contributed by atoms with Crippen LogP contribution in [0.2, 0.25) is 0 Å². The number of hydrogen-bond donors (Lipinski definition) is 2. The fraction of sp³-hybridized carbons (Fsp3) is 0.385. The van der Waals surface area contributed by atoms with Gasteiger partial charge in [0, 0.05) is 13.7 Å². The standard InChI is InChI=1S/C13H18BrN5O/c1-3-20-12(9-7-5-4-6-8-9)10(16-15)11-13(14)17-18-19(11)2/h4-8,10,12,16H,3,15H2,1-2H3. The van der Waals surface area contributed by atoms with Crippen molar-refractivity contribution in [1.29, 1.82) is 0 Å². The number of aromatic nitrogens is 3. The van der Waals surface area contributed by atoms with Crippen LogP contribution < -0.4 is 11.3 Å². The number of ether oxygens (including phenoxy) is 1. The lowest BCUT2D eigenvalue weighted by Crippen LogP contribution is -2.35. The largest absolute Gasteiger partial charge is 0.372 e. The minimum absolute atomic E-state index is 0.223. The summed E-state index contributed by atoms with van der Waals surface area (Å²) in [7, 11) is 1.82. The van der Waals surface area contributed by atoms with Crippen LogP contribution in [-0.4, -0.2) is 21.6 Å². The summed E-state index contributed by atoms with van der Waals surface area (Å²) >= 11 is 3.40. The molecular formula is C13H18BrN5O. The van der Waals surface area contributed by atoms with Crippen molar-refractivity contribution in [1.82, 2.24) is 20.4 Å². The van der Waals surface area contributed by atoms with Crippen molar-refractivity contribution in [3.8, 4) is 0 Å². The van der Waals surface area contributed by atoms with Gasteiger partial charge < -0.3 is 4.74 Å².